The maximum absolute atomic E-state index is 13.1. The molecule has 0 aliphatic carbocycles. The van der Waals surface area contributed by atoms with E-state index >= 15 is 0 Å². The van der Waals surface area contributed by atoms with Crippen LogP contribution in [0.4, 0.5) is 0 Å². The van der Waals surface area contributed by atoms with E-state index in [0.29, 0.717) is 47.8 Å². The van der Waals surface area contributed by atoms with Crippen molar-refractivity contribution in [2.75, 3.05) is 26.2 Å². The number of fused-ring (bicyclic) bond motifs is 2. The molecule has 45 heavy (non-hydrogen) atoms. The number of nitrogens with zero attached hydrogens (tertiary/aromatic N) is 4. The molecule has 0 unspecified atom stereocenters. The minimum atomic E-state index is -3.45. The standard InChI is InChI=1S/C17H22N2O2S.C16H20N2O2S.2H2S/c1-3-14-6-5-9-19(12-14)22(20,21)16-8-4-7-15-11-18-10-13(2)17(15)16;1-3-13-7-8-18(11-13)21(19,20)15-6-4-5-14-10-17-9-12(2)16(14)15;;/h4,7-8,10-11,14H,3,5-6,9,12H2,1-2H3;4-6,9-10,13H,3,7-8,11H2,1-2H3;2*1H2/t14-;13-;;/m00../s1. The number of aromatic nitrogens is 2. The van der Waals surface area contributed by atoms with Gasteiger partial charge in [-0.25, -0.2) is 16.8 Å². The molecule has 0 bridgehead atoms. The molecule has 2 aromatic carbocycles. The summed E-state index contributed by atoms with van der Waals surface area (Å²) in [7, 11) is -6.87. The molecular weight excluding hydrogens is 645 g/mol. The Hall–Kier alpha value is -2.22. The first-order valence-corrected chi connectivity index (χ1v) is 18.1. The van der Waals surface area contributed by atoms with E-state index in [1.54, 1.807) is 57.7 Å². The van der Waals surface area contributed by atoms with Gasteiger partial charge >= 0.3 is 0 Å². The van der Waals surface area contributed by atoms with Gasteiger partial charge in [0, 0.05) is 72.5 Å². The molecule has 2 aromatic heterocycles. The molecule has 0 N–H and O–H groups in total. The normalized spacial score (nSPS) is 19.4. The van der Waals surface area contributed by atoms with Gasteiger partial charge in [0.05, 0.1) is 9.79 Å². The topological polar surface area (TPSA) is 101 Å². The highest BCUT2D eigenvalue weighted by Crippen LogP contribution is 2.32. The Labute approximate surface area is 282 Å². The summed E-state index contributed by atoms with van der Waals surface area (Å²) in [6.07, 6.45) is 12.0. The summed E-state index contributed by atoms with van der Waals surface area (Å²) in [6, 6.07) is 10.9. The monoisotopic (exact) mass is 690 g/mol. The SMILES string of the molecule is CC[C@H]1CCCN(S(=O)(=O)c2cccc3cncc(C)c23)C1.CC[C@H]1CCN(S(=O)(=O)c2cccc3cncc(C)c23)C1.S.S. The zero-order valence-corrected chi connectivity index (χ0v) is 30.2. The Morgan fingerprint density at radius 1 is 0.667 bits per heavy atom. The summed E-state index contributed by atoms with van der Waals surface area (Å²) >= 11 is 0. The van der Waals surface area contributed by atoms with Crippen LogP contribution < -0.4 is 0 Å². The molecule has 2 fully saturated rings. The Bertz CT molecular complexity index is 1820. The van der Waals surface area contributed by atoms with Gasteiger partial charge in [-0.15, -0.1) is 0 Å². The van der Waals surface area contributed by atoms with E-state index in [-0.39, 0.29) is 27.0 Å². The van der Waals surface area contributed by atoms with Gasteiger partial charge in [-0.05, 0) is 68.2 Å². The number of rotatable bonds is 6. The summed E-state index contributed by atoms with van der Waals surface area (Å²) in [5.41, 5.74) is 1.80. The lowest BCUT2D eigenvalue weighted by atomic mass is 9.97. The van der Waals surface area contributed by atoms with Crippen LogP contribution in [0.1, 0.15) is 57.1 Å². The number of benzene rings is 2. The van der Waals surface area contributed by atoms with Crippen LogP contribution >= 0.6 is 27.0 Å². The Balaban J connectivity index is 0.000000235. The minimum Gasteiger partial charge on any atom is -0.264 e. The van der Waals surface area contributed by atoms with Gasteiger partial charge in [0.1, 0.15) is 0 Å². The Morgan fingerprint density at radius 3 is 1.56 bits per heavy atom. The third-order valence-electron chi connectivity index (χ3n) is 8.99. The predicted octanol–water partition coefficient (Wildman–Crippen LogP) is 6.54. The molecule has 0 radical (unpaired) electrons. The van der Waals surface area contributed by atoms with E-state index in [2.05, 4.69) is 23.8 Å². The zero-order chi connectivity index (χ0) is 30.8. The highest BCUT2D eigenvalue weighted by Gasteiger charge is 2.33. The van der Waals surface area contributed by atoms with Gasteiger partial charge in [-0.1, -0.05) is 51.0 Å². The first-order valence-electron chi connectivity index (χ1n) is 15.2. The van der Waals surface area contributed by atoms with Gasteiger partial charge in [0.25, 0.3) is 0 Å². The van der Waals surface area contributed by atoms with Crippen molar-refractivity contribution in [1.29, 1.82) is 0 Å². The van der Waals surface area contributed by atoms with Crippen LogP contribution in [0.2, 0.25) is 0 Å². The van der Waals surface area contributed by atoms with Crippen molar-refractivity contribution in [2.24, 2.45) is 11.8 Å². The maximum Gasteiger partial charge on any atom is 0.243 e. The molecule has 4 aromatic rings. The largest absolute Gasteiger partial charge is 0.264 e. The van der Waals surface area contributed by atoms with E-state index in [9.17, 15) is 16.8 Å². The molecule has 2 aliphatic heterocycles. The molecule has 0 amide bonds. The summed E-state index contributed by atoms with van der Waals surface area (Å²) in [4.78, 5) is 9.15. The summed E-state index contributed by atoms with van der Waals surface area (Å²) < 4.78 is 55.5. The Morgan fingerprint density at radius 2 is 1.11 bits per heavy atom. The number of hydrogen-bond donors (Lipinski definition) is 0. The summed E-state index contributed by atoms with van der Waals surface area (Å²) in [5.74, 6) is 0.957. The van der Waals surface area contributed by atoms with E-state index in [1.165, 1.54) is 0 Å². The van der Waals surface area contributed by atoms with Crippen LogP contribution in [0.5, 0.6) is 0 Å². The van der Waals surface area contributed by atoms with Crippen LogP contribution in [-0.2, 0) is 20.0 Å². The second kappa shape index (κ2) is 15.6. The van der Waals surface area contributed by atoms with E-state index in [1.807, 2.05) is 26.0 Å². The number of aryl methyl sites for hydroxylation is 2. The fourth-order valence-corrected chi connectivity index (χ4v) is 10.0. The van der Waals surface area contributed by atoms with Gasteiger partial charge < -0.3 is 0 Å². The number of hydrogen-bond acceptors (Lipinski definition) is 6. The van der Waals surface area contributed by atoms with Crippen molar-refractivity contribution in [1.82, 2.24) is 18.6 Å². The molecule has 246 valence electrons. The molecule has 12 heteroatoms. The van der Waals surface area contributed by atoms with Crippen LogP contribution in [0.15, 0.2) is 71.0 Å². The Kier molecular flexibility index (Phi) is 12.9. The molecule has 6 rings (SSSR count). The fourth-order valence-electron chi connectivity index (χ4n) is 6.38. The summed E-state index contributed by atoms with van der Waals surface area (Å²) in [6.45, 7) is 10.6. The number of pyridine rings is 2. The molecule has 0 spiro atoms. The molecule has 2 atom stereocenters. The first kappa shape index (κ1) is 37.2. The highest BCUT2D eigenvalue weighted by molar-refractivity contribution is 7.89. The van der Waals surface area contributed by atoms with Gasteiger partial charge in [-0.3, -0.25) is 9.97 Å². The van der Waals surface area contributed by atoms with Crippen molar-refractivity contribution in [2.45, 2.75) is 69.6 Å². The smallest absolute Gasteiger partial charge is 0.243 e. The van der Waals surface area contributed by atoms with Crippen molar-refractivity contribution < 1.29 is 16.8 Å². The number of sulfonamides is 2. The average Bonchev–Trinajstić information content (AvgIpc) is 3.52. The van der Waals surface area contributed by atoms with E-state index in [0.717, 1.165) is 64.8 Å². The molecule has 2 aliphatic rings. The van der Waals surface area contributed by atoms with Gasteiger partial charge in [0.15, 0.2) is 0 Å². The van der Waals surface area contributed by atoms with Crippen LogP contribution in [0, 0.1) is 25.7 Å². The van der Waals surface area contributed by atoms with Crippen LogP contribution in [-0.4, -0.2) is 61.6 Å². The molecular formula is C33H46N4O4S4. The van der Waals surface area contributed by atoms with Gasteiger partial charge in [0.2, 0.25) is 20.0 Å². The zero-order valence-electron chi connectivity index (χ0n) is 26.5. The van der Waals surface area contributed by atoms with Crippen molar-refractivity contribution >= 4 is 68.6 Å². The highest BCUT2D eigenvalue weighted by atomic mass is 32.2. The first-order chi connectivity index (χ1) is 20.6. The molecule has 0 saturated carbocycles. The fraction of sp³-hybridized carbons (Fsp3) is 0.455. The molecule has 8 nitrogen and oxygen atoms in total. The maximum atomic E-state index is 13.1. The quantitative estimate of drug-likeness (QED) is 0.228. The van der Waals surface area contributed by atoms with Crippen LogP contribution in [0.3, 0.4) is 0 Å². The molecule has 2 saturated heterocycles. The van der Waals surface area contributed by atoms with Crippen molar-refractivity contribution in [3.05, 3.63) is 72.3 Å². The lowest BCUT2D eigenvalue weighted by Crippen LogP contribution is -2.39. The summed E-state index contributed by atoms with van der Waals surface area (Å²) in [5, 5.41) is 3.36. The lowest BCUT2D eigenvalue weighted by molar-refractivity contribution is 0.261. The van der Waals surface area contributed by atoms with E-state index in [4.69, 9.17) is 0 Å². The predicted molar refractivity (Wildman–Crippen MR) is 193 cm³/mol. The lowest BCUT2D eigenvalue weighted by Gasteiger charge is -2.31. The average molecular weight is 691 g/mol. The van der Waals surface area contributed by atoms with Gasteiger partial charge in [-0.2, -0.15) is 35.6 Å². The molecule has 4 heterocycles. The van der Waals surface area contributed by atoms with Crippen molar-refractivity contribution in [3.63, 3.8) is 0 Å². The van der Waals surface area contributed by atoms with Crippen molar-refractivity contribution in [3.8, 4) is 0 Å². The van der Waals surface area contributed by atoms with E-state index < -0.39 is 20.0 Å². The number of piperidine rings is 1. The van der Waals surface area contributed by atoms with Crippen LogP contribution in [0.25, 0.3) is 21.5 Å². The second-order valence-corrected chi connectivity index (χ2v) is 15.6. The second-order valence-electron chi connectivity index (χ2n) is 11.8. The third kappa shape index (κ3) is 7.68. The third-order valence-corrected chi connectivity index (χ3v) is 12.8. The minimum absolute atomic E-state index is 0.